The van der Waals surface area contributed by atoms with Crippen LogP contribution in [0.2, 0.25) is 0 Å². The van der Waals surface area contributed by atoms with Crippen LogP contribution in [0, 0.1) is 10.1 Å². The van der Waals surface area contributed by atoms with Crippen LogP contribution in [0.15, 0.2) is 12.1 Å². The van der Waals surface area contributed by atoms with Gasteiger partial charge in [0.25, 0.3) is 5.69 Å². The van der Waals surface area contributed by atoms with E-state index in [1.54, 1.807) is 6.07 Å². The van der Waals surface area contributed by atoms with Gasteiger partial charge in [0.15, 0.2) is 0 Å². The summed E-state index contributed by atoms with van der Waals surface area (Å²) in [6.07, 6.45) is 3.26. The number of nitro groups is 1. The zero-order valence-electron chi connectivity index (χ0n) is 11.5. The fourth-order valence-corrected chi connectivity index (χ4v) is 3.57. The van der Waals surface area contributed by atoms with E-state index in [1.165, 1.54) is 6.42 Å². The summed E-state index contributed by atoms with van der Waals surface area (Å²) in [6, 6.07) is 4.60. The number of anilines is 1. The molecule has 3 heterocycles. The molecule has 2 unspecified atom stereocenters. The van der Waals surface area contributed by atoms with Gasteiger partial charge in [0.1, 0.15) is 11.5 Å². The van der Waals surface area contributed by atoms with Gasteiger partial charge in [-0.05, 0) is 32.4 Å². The van der Waals surface area contributed by atoms with Crippen molar-refractivity contribution in [3.05, 3.63) is 27.9 Å². The van der Waals surface area contributed by atoms with Crippen LogP contribution in [0.25, 0.3) is 0 Å². The number of hydrogen-bond donors (Lipinski definition) is 0. The second-order valence-corrected chi connectivity index (χ2v) is 6.24. The number of likely N-dealkylation sites (N-methyl/N-ethyl adjacent to an activating group) is 1. The largest absolute Gasteiger partial charge is 0.351 e. The van der Waals surface area contributed by atoms with E-state index in [0.717, 1.165) is 31.7 Å². The summed E-state index contributed by atoms with van der Waals surface area (Å²) in [5.74, 6) is 1.23. The molecule has 20 heavy (non-hydrogen) atoms. The molecule has 0 amide bonds. The molecule has 1 saturated carbocycles. The van der Waals surface area contributed by atoms with E-state index in [-0.39, 0.29) is 10.6 Å². The molecule has 0 N–H and O–H groups in total. The summed E-state index contributed by atoms with van der Waals surface area (Å²) < 4.78 is 0. The minimum atomic E-state index is -0.297. The van der Waals surface area contributed by atoms with Crippen molar-refractivity contribution < 1.29 is 4.92 Å². The molecule has 1 aliphatic carbocycles. The van der Waals surface area contributed by atoms with Crippen molar-refractivity contribution in [2.45, 2.75) is 37.3 Å². The Morgan fingerprint density at radius 3 is 2.65 bits per heavy atom. The van der Waals surface area contributed by atoms with Gasteiger partial charge < -0.3 is 4.90 Å². The second-order valence-electron chi connectivity index (χ2n) is 6.24. The SMILES string of the molecule is CN1CC2CC1CN2c1ccc([N+](=O)[O-])c(C2CC2)n1. The minimum absolute atomic E-state index is 0.192. The third-order valence-corrected chi connectivity index (χ3v) is 4.86. The third-order valence-electron chi connectivity index (χ3n) is 4.86. The van der Waals surface area contributed by atoms with Crippen LogP contribution >= 0.6 is 0 Å². The Morgan fingerprint density at radius 2 is 2.10 bits per heavy atom. The lowest BCUT2D eigenvalue weighted by Gasteiger charge is -2.32. The van der Waals surface area contributed by atoms with E-state index in [2.05, 4.69) is 21.8 Å². The van der Waals surface area contributed by atoms with Gasteiger partial charge in [0, 0.05) is 37.2 Å². The number of pyridine rings is 1. The van der Waals surface area contributed by atoms with E-state index < -0.39 is 0 Å². The highest BCUT2D eigenvalue weighted by atomic mass is 16.6. The summed E-state index contributed by atoms with van der Waals surface area (Å²) in [6.45, 7) is 2.07. The number of nitrogens with zero attached hydrogens (tertiary/aromatic N) is 4. The lowest BCUT2D eigenvalue weighted by Crippen LogP contribution is -2.44. The predicted octanol–water partition coefficient (Wildman–Crippen LogP) is 1.76. The Kier molecular flexibility index (Phi) is 2.51. The van der Waals surface area contributed by atoms with Gasteiger partial charge in [-0.2, -0.15) is 0 Å². The van der Waals surface area contributed by atoms with E-state index in [1.807, 2.05) is 6.07 Å². The van der Waals surface area contributed by atoms with Crippen LogP contribution < -0.4 is 4.90 Å². The smallest absolute Gasteiger partial charge is 0.291 e. The van der Waals surface area contributed by atoms with Crippen LogP contribution in [0.3, 0.4) is 0 Å². The lowest BCUT2D eigenvalue weighted by molar-refractivity contribution is -0.385. The average Bonchev–Trinajstić information content (AvgIpc) is 3.11. The van der Waals surface area contributed by atoms with Gasteiger partial charge >= 0.3 is 0 Å². The summed E-state index contributed by atoms with van der Waals surface area (Å²) in [5, 5.41) is 11.1. The number of fused-ring (bicyclic) bond motifs is 2. The van der Waals surface area contributed by atoms with E-state index >= 15 is 0 Å². The molecule has 1 aromatic heterocycles. The van der Waals surface area contributed by atoms with E-state index in [9.17, 15) is 10.1 Å². The summed E-state index contributed by atoms with van der Waals surface area (Å²) in [4.78, 5) is 20.2. The van der Waals surface area contributed by atoms with Crippen molar-refractivity contribution in [2.75, 3.05) is 25.0 Å². The Hall–Kier alpha value is -1.69. The number of piperazine rings is 1. The summed E-state index contributed by atoms with van der Waals surface area (Å²) in [7, 11) is 2.17. The monoisotopic (exact) mass is 274 g/mol. The zero-order valence-corrected chi connectivity index (χ0v) is 11.5. The highest BCUT2D eigenvalue weighted by Gasteiger charge is 2.42. The second kappa shape index (κ2) is 4.15. The van der Waals surface area contributed by atoms with Crippen LogP contribution in [-0.2, 0) is 0 Å². The Balaban J connectivity index is 1.66. The van der Waals surface area contributed by atoms with Crippen molar-refractivity contribution in [1.82, 2.24) is 9.88 Å². The van der Waals surface area contributed by atoms with Crippen LogP contribution in [-0.4, -0.2) is 47.0 Å². The van der Waals surface area contributed by atoms with Gasteiger partial charge in [0.05, 0.1) is 4.92 Å². The molecule has 6 heteroatoms. The fourth-order valence-electron chi connectivity index (χ4n) is 3.57. The molecule has 0 spiro atoms. The average molecular weight is 274 g/mol. The number of likely N-dealkylation sites (tertiary alicyclic amines) is 1. The van der Waals surface area contributed by atoms with Crippen molar-refractivity contribution in [2.24, 2.45) is 0 Å². The molecule has 3 fully saturated rings. The molecule has 3 aliphatic rings. The van der Waals surface area contributed by atoms with Gasteiger partial charge in [-0.25, -0.2) is 4.98 Å². The third kappa shape index (κ3) is 1.78. The molecule has 2 aliphatic heterocycles. The molecule has 0 radical (unpaired) electrons. The molecule has 1 aromatic rings. The van der Waals surface area contributed by atoms with E-state index in [0.29, 0.717) is 23.7 Å². The van der Waals surface area contributed by atoms with Crippen molar-refractivity contribution in [3.8, 4) is 0 Å². The Labute approximate surface area is 117 Å². The lowest BCUT2D eigenvalue weighted by atomic mass is 10.2. The Morgan fingerprint density at radius 1 is 1.30 bits per heavy atom. The van der Waals surface area contributed by atoms with Gasteiger partial charge in [-0.1, -0.05) is 0 Å². The quantitative estimate of drug-likeness (QED) is 0.621. The molecule has 2 saturated heterocycles. The van der Waals surface area contributed by atoms with Crippen molar-refractivity contribution in [1.29, 1.82) is 0 Å². The van der Waals surface area contributed by atoms with E-state index in [4.69, 9.17) is 0 Å². The number of rotatable bonds is 3. The van der Waals surface area contributed by atoms with Crippen LogP contribution in [0.4, 0.5) is 11.5 Å². The number of aromatic nitrogens is 1. The maximum Gasteiger partial charge on any atom is 0.291 e. The highest BCUT2D eigenvalue weighted by Crippen LogP contribution is 2.44. The molecule has 6 nitrogen and oxygen atoms in total. The topological polar surface area (TPSA) is 62.5 Å². The van der Waals surface area contributed by atoms with Gasteiger partial charge in [-0.15, -0.1) is 0 Å². The molecule has 0 aromatic carbocycles. The molecule has 106 valence electrons. The van der Waals surface area contributed by atoms with Crippen LogP contribution in [0.1, 0.15) is 30.9 Å². The first-order valence-electron chi connectivity index (χ1n) is 7.25. The van der Waals surface area contributed by atoms with Crippen LogP contribution in [0.5, 0.6) is 0 Å². The standard InChI is InChI=1S/C14H18N4O2/c1-16-7-11-6-10(16)8-17(11)13-5-4-12(18(19)20)14(15-13)9-2-3-9/h4-5,9-11H,2-3,6-8H2,1H3. The first-order valence-corrected chi connectivity index (χ1v) is 7.25. The van der Waals surface area contributed by atoms with Gasteiger partial charge in [-0.3, -0.25) is 15.0 Å². The maximum absolute atomic E-state index is 11.1. The Bertz CT molecular complexity index is 570. The normalized spacial score (nSPS) is 29.1. The molecule has 2 bridgehead atoms. The maximum atomic E-state index is 11.1. The highest BCUT2D eigenvalue weighted by molar-refractivity contribution is 5.51. The minimum Gasteiger partial charge on any atom is -0.351 e. The summed E-state index contributed by atoms with van der Waals surface area (Å²) in [5.41, 5.74) is 0.890. The fraction of sp³-hybridized carbons (Fsp3) is 0.643. The molecular weight excluding hydrogens is 256 g/mol. The number of hydrogen-bond acceptors (Lipinski definition) is 5. The first kappa shape index (κ1) is 12.1. The predicted molar refractivity (Wildman–Crippen MR) is 75.0 cm³/mol. The van der Waals surface area contributed by atoms with Gasteiger partial charge in [0.2, 0.25) is 0 Å². The first-order chi connectivity index (χ1) is 9.63. The van der Waals surface area contributed by atoms with Crippen molar-refractivity contribution >= 4 is 11.5 Å². The molecule has 2 atom stereocenters. The van der Waals surface area contributed by atoms with Crippen molar-refractivity contribution in [3.63, 3.8) is 0 Å². The zero-order chi connectivity index (χ0) is 13.9. The molecule has 4 rings (SSSR count). The molecular formula is C14H18N4O2. The summed E-state index contributed by atoms with van der Waals surface area (Å²) >= 11 is 0.